The Balaban J connectivity index is 1.39. The quantitative estimate of drug-likeness (QED) is 0.784. The first kappa shape index (κ1) is 18.1. The van der Waals surface area contributed by atoms with Crippen molar-refractivity contribution < 1.29 is 14.4 Å². The molecule has 0 saturated carbocycles. The molecule has 26 heavy (non-hydrogen) atoms. The van der Waals surface area contributed by atoms with Gasteiger partial charge in [0.15, 0.2) is 0 Å². The van der Waals surface area contributed by atoms with E-state index < -0.39 is 0 Å². The molecule has 136 valence electrons. The number of benzene rings is 1. The third kappa shape index (κ3) is 4.70. The predicted molar refractivity (Wildman–Crippen MR) is 101 cm³/mol. The lowest BCUT2D eigenvalue weighted by Crippen LogP contribution is -2.30. The molecule has 0 radical (unpaired) electrons. The zero-order valence-corrected chi connectivity index (χ0v) is 15.2. The highest BCUT2D eigenvalue weighted by Crippen LogP contribution is 2.21. The normalized spacial score (nSPS) is 13.7. The van der Waals surface area contributed by atoms with E-state index in [1.165, 1.54) is 11.3 Å². The number of thiophene rings is 1. The van der Waals surface area contributed by atoms with E-state index in [0.29, 0.717) is 25.1 Å². The van der Waals surface area contributed by atoms with Crippen LogP contribution in [0, 0.1) is 0 Å². The number of carbonyl (C=O) groups excluding carboxylic acids is 3. The van der Waals surface area contributed by atoms with Crippen LogP contribution in [0.25, 0.3) is 0 Å². The van der Waals surface area contributed by atoms with Crippen LogP contribution in [0.1, 0.15) is 35.2 Å². The van der Waals surface area contributed by atoms with E-state index in [-0.39, 0.29) is 24.1 Å². The van der Waals surface area contributed by atoms with Crippen LogP contribution in [0.3, 0.4) is 0 Å². The minimum atomic E-state index is -0.161. The molecule has 3 rings (SSSR count). The molecule has 0 atom stereocenters. The first-order chi connectivity index (χ1) is 12.6. The summed E-state index contributed by atoms with van der Waals surface area (Å²) < 4.78 is 0. The van der Waals surface area contributed by atoms with Crippen molar-refractivity contribution in [3.8, 4) is 0 Å². The first-order valence-corrected chi connectivity index (χ1v) is 9.54. The zero-order chi connectivity index (χ0) is 18.4. The Morgan fingerprint density at radius 1 is 1.12 bits per heavy atom. The Morgan fingerprint density at radius 3 is 2.58 bits per heavy atom. The Kier molecular flexibility index (Phi) is 6.01. The van der Waals surface area contributed by atoms with Crippen LogP contribution in [-0.2, 0) is 16.1 Å². The average Bonchev–Trinajstić information content (AvgIpc) is 3.32. The van der Waals surface area contributed by atoms with Gasteiger partial charge in [0, 0.05) is 49.1 Å². The molecule has 2 aromatic rings. The van der Waals surface area contributed by atoms with Crippen molar-refractivity contribution in [2.75, 3.05) is 18.0 Å². The number of hydrogen-bond donors (Lipinski definition) is 2. The molecule has 1 saturated heterocycles. The summed E-state index contributed by atoms with van der Waals surface area (Å²) in [5.41, 5.74) is 2.49. The molecule has 2 N–H and O–H groups in total. The summed E-state index contributed by atoms with van der Waals surface area (Å²) >= 11 is 1.46. The Hall–Kier alpha value is -2.67. The van der Waals surface area contributed by atoms with Crippen LogP contribution in [-0.4, -0.2) is 30.8 Å². The zero-order valence-electron chi connectivity index (χ0n) is 14.4. The van der Waals surface area contributed by atoms with E-state index in [9.17, 15) is 14.4 Å². The minimum absolute atomic E-state index is 0.116. The van der Waals surface area contributed by atoms with Gasteiger partial charge in [-0.15, -0.1) is 0 Å². The van der Waals surface area contributed by atoms with Crippen molar-refractivity contribution >= 4 is 34.7 Å². The molecule has 7 heteroatoms. The third-order valence-corrected chi connectivity index (χ3v) is 4.92. The second-order valence-electron chi connectivity index (χ2n) is 6.11. The van der Waals surface area contributed by atoms with Gasteiger partial charge in [0.1, 0.15) is 0 Å². The van der Waals surface area contributed by atoms with Crippen LogP contribution >= 0.6 is 11.3 Å². The molecule has 1 aliphatic heterocycles. The second kappa shape index (κ2) is 8.62. The van der Waals surface area contributed by atoms with Crippen LogP contribution < -0.4 is 15.5 Å². The molecule has 0 aliphatic carbocycles. The largest absolute Gasteiger partial charge is 0.352 e. The first-order valence-electron chi connectivity index (χ1n) is 8.60. The number of anilines is 1. The summed E-state index contributed by atoms with van der Waals surface area (Å²) in [6.07, 6.45) is 1.75. The minimum Gasteiger partial charge on any atom is -0.352 e. The molecule has 1 aliphatic rings. The predicted octanol–water partition coefficient (Wildman–Crippen LogP) is 2.31. The molecular weight excluding hydrogens is 350 g/mol. The number of amides is 3. The fraction of sp³-hybridized carbons (Fsp3) is 0.316. The number of carbonyl (C=O) groups is 3. The van der Waals surface area contributed by atoms with Crippen molar-refractivity contribution in [2.24, 2.45) is 0 Å². The van der Waals surface area contributed by atoms with E-state index in [0.717, 1.165) is 24.2 Å². The number of hydrogen-bond acceptors (Lipinski definition) is 4. The lowest BCUT2D eigenvalue weighted by atomic mass is 10.2. The smallest absolute Gasteiger partial charge is 0.252 e. The van der Waals surface area contributed by atoms with Crippen LogP contribution in [0.5, 0.6) is 0 Å². The maximum atomic E-state index is 11.9. The molecule has 2 heterocycles. The van der Waals surface area contributed by atoms with Crippen molar-refractivity contribution in [2.45, 2.75) is 25.8 Å². The summed E-state index contributed by atoms with van der Waals surface area (Å²) in [5.74, 6) is -0.115. The van der Waals surface area contributed by atoms with E-state index in [4.69, 9.17) is 0 Å². The molecule has 6 nitrogen and oxygen atoms in total. The van der Waals surface area contributed by atoms with E-state index in [1.807, 2.05) is 29.6 Å². The van der Waals surface area contributed by atoms with Gasteiger partial charge in [-0.05, 0) is 35.6 Å². The highest BCUT2D eigenvalue weighted by atomic mass is 32.1. The van der Waals surface area contributed by atoms with E-state index >= 15 is 0 Å². The standard InChI is InChI=1S/C19H21N3O3S/c23-17(7-9-20-19(25)15-8-11-26-13-15)21-12-14-3-5-16(6-4-14)22-10-1-2-18(22)24/h3-6,8,11,13H,1-2,7,9-10,12H2,(H,20,25)(H,21,23). The Labute approximate surface area is 156 Å². The van der Waals surface area contributed by atoms with Gasteiger partial charge >= 0.3 is 0 Å². The van der Waals surface area contributed by atoms with Crippen molar-refractivity contribution in [3.05, 3.63) is 52.2 Å². The van der Waals surface area contributed by atoms with Crippen LogP contribution in [0.4, 0.5) is 5.69 Å². The summed E-state index contributed by atoms with van der Waals surface area (Å²) in [7, 11) is 0. The highest BCUT2D eigenvalue weighted by Gasteiger charge is 2.21. The molecule has 0 spiro atoms. The van der Waals surface area contributed by atoms with Gasteiger partial charge in [0.2, 0.25) is 11.8 Å². The fourth-order valence-corrected chi connectivity index (χ4v) is 3.43. The summed E-state index contributed by atoms with van der Waals surface area (Å²) in [6, 6.07) is 9.40. The van der Waals surface area contributed by atoms with Gasteiger partial charge in [-0.1, -0.05) is 12.1 Å². The lowest BCUT2D eigenvalue weighted by Gasteiger charge is -2.16. The maximum Gasteiger partial charge on any atom is 0.252 e. The van der Waals surface area contributed by atoms with Gasteiger partial charge in [-0.2, -0.15) is 11.3 Å². The fourth-order valence-electron chi connectivity index (χ4n) is 2.79. The number of rotatable bonds is 7. The molecule has 1 aromatic carbocycles. The monoisotopic (exact) mass is 371 g/mol. The Morgan fingerprint density at radius 2 is 1.92 bits per heavy atom. The van der Waals surface area contributed by atoms with Gasteiger partial charge < -0.3 is 15.5 Å². The average molecular weight is 371 g/mol. The highest BCUT2D eigenvalue weighted by molar-refractivity contribution is 7.08. The van der Waals surface area contributed by atoms with Gasteiger partial charge in [-0.3, -0.25) is 14.4 Å². The van der Waals surface area contributed by atoms with Crippen molar-refractivity contribution in [1.82, 2.24) is 10.6 Å². The topological polar surface area (TPSA) is 78.5 Å². The SMILES string of the molecule is O=C(CCNC(=O)c1ccsc1)NCc1ccc(N2CCCC2=O)cc1. The number of nitrogens with one attached hydrogen (secondary N) is 2. The third-order valence-electron chi connectivity index (χ3n) is 4.23. The van der Waals surface area contributed by atoms with E-state index in [1.54, 1.807) is 16.3 Å². The van der Waals surface area contributed by atoms with Crippen LogP contribution in [0.15, 0.2) is 41.1 Å². The van der Waals surface area contributed by atoms with Gasteiger partial charge in [0.25, 0.3) is 5.91 Å². The molecule has 0 bridgehead atoms. The van der Waals surface area contributed by atoms with Crippen molar-refractivity contribution in [1.29, 1.82) is 0 Å². The maximum absolute atomic E-state index is 11.9. The lowest BCUT2D eigenvalue weighted by molar-refractivity contribution is -0.121. The van der Waals surface area contributed by atoms with Gasteiger partial charge in [-0.25, -0.2) is 0 Å². The molecule has 1 fully saturated rings. The molecule has 3 amide bonds. The summed E-state index contributed by atoms with van der Waals surface area (Å²) in [4.78, 5) is 37.2. The Bertz CT molecular complexity index is 772. The molecule has 1 aromatic heterocycles. The second-order valence-corrected chi connectivity index (χ2v) is 6.89. The van der Waals surface area contributed by atoms with Gasteiger partial charge in [0.05, 0.1) is 0 Å². The van der Waals surface area contributed by atoms with Crippen LogP contribution in [0.2, 0.25) is 0 Å². The number of nitrogens with zero attached hydrogens (tertiary/aromatic N) is 1. The molecule has 0 unspecified atom stereocenters. The molecular formula is C19H21N3O3S. The summed E-state index contributed by atoms with van der Waals surface area (Å²) in [5, 5.41) is 9.18. The van der Waals surface area contributed by atoms with Crippen molar-refractivity contribution in [3.63, 3.8) is 0 Å². The van der Waals surface area contributed by atoms with E-state index in [2.05, 4.69) is 10.6 Å². The summed E-state index contributed by atoms with van der Waals surface area (Å²) in [6.45, 7) is 1.49.